The summed E-state index contributed by atoms with van der Waals surface area (Å²) in [6, 6.07) is 17.0. The Hall–Kier alpha value is -3.58. The molecule has 7 heteroatoms. The van der Waals surface area contributed by atoms with Crippen molar-refractivity contribution in [1.29, 1.82) is 0 Å². The molecule has 0 saturated carbocycles. The molecular formula is C27H24BrNO5. The Labute approximate surface area is 206 Å². The first-order valence-electron chi connectivity index (χ1n) is 10.6. The largest absolute Gasteiger partial charge is 0.507 e. The molecule has 3 aromatic carbocycles. The Kier molecular flexibility index (Phi) is 6.48. The second kappa shape index (κ2) is 9.35. The van der Waals surface area contributed by atoms with E-state index >= 15 is 0 Å². The number of Topliss-reactive ketones (excluding diaryl/α,β-unsaturated/α-hetero) is 1. The van der Waals surface area contributed by atoms with Crippen LogP contribution in [-0.4, -0.2) is 31.0 Å². The molecule has 0 bridgehead atoms. The lowest BCUT2D eigenvalue weighted by molar-refractivity contribution is -0.132. The molecule has 6 nitrogen and oxygen atoms in total. The third kappa shape index (κ3) is 4.07. The quantitative estimate of drug-likeness (QED) is 0.264. The minimum atomic E-state index is -0.812. The molecule has 3 aromatic rings. The van der Waals surface area contributed by atoms with Gasteiger partial charge in [0.1, 0.15) is 17.3 Å². The molecule has 1 saturated heterocycles. The fraction of sp³-hybridized carbons (Fsp3) is 0.185. The van der Waals surface area contributed by atoms with E-state index in [1.54, 1.807) is 56.7 Å². The maximum Gasteiger partial charge on any atom is 0.300 e. The van der Waals surface area contributed by atoms with Gasteiger partial charge in [0.05, 0.1) is 30.3 Å². The molecule has 0 aliphatic carbocycles. The maximum absolute atomic E-state index is 13.3. The van der Waals surface area contributed by atoms with Crippen molar-refractivity contribution in [2.75, 3.05) is 19.1 Å². The highest BCUT2D eigenvalue weighted by Crippen LogP contribution is 2.44. The van der Waals surface area contributed by atoms with Crippen LogP contribution in [-0.2, 0) is 9.59 Å². The molecule has 1 aliphatic rings. The van der Waals surface area contributed by atoms with Crippen molar-refractivity contribution in [2.45, 2.75) is 19.9 Å². The summed E-state index contributed by atoms with van der Waals surface area (Å²) in [5.74, 6) is -0.466. The van der Waals surface area contributed by atoms with Crippen molar-refractivity contribution >= 4 is 39.1 Å². The van der Waals surface area contributed by atoms with Crippen LogP contribution in [0.25, 0.3) is 5.76 Å². The van der Waals surface area contributed by atoms with Crippen molar-refractivity contribution in [3.05, 3.63) is 93.0 Å². The minimum absolute atomic E-state index is 0.0206. The molecule has 174 valence electrons. The second-order valence-corrected chi connectivity index (χ2v) is 8.94. The van der Waals surface area contributed by atoms with E-state index in [0.717, 1.165) is 11.1 Å². The van der Waals surface area contributed by atoms with E-state index in [4.69, 9.17) is 9.47 Å². The summed E-state index contributed by atoms with van der Waals surface area (Å²) in [5.41, 5.74) is 3.60. The summed E-state index contributed by atoms with van der Waals surface area (Å²) in [5, 5.41) is 11.3. The number of aliphatic hydroxyl groups excluding tert-OH is 1. The number of halogens is 1. The van der Waals surface area contributed by atoms with Gasteiger partial charge in [-0.2, -0.15) is 0 Å². The lowest BCUT2D eigenvalue weighted by atomic mass is 9.94. The zero-order chi connectivity index (χ0) is 24.6. The van der Waals surface area contributed by atoms with Crippen LogP contribution in [0.3, 0.4) is 0 Å². The number of carbonyl (C=O) groups is 2. The van der Waals surface area contributed by atoms with E-state index < -0.39 is 17.7 Å². The summed E-state index contributed by atoms with van der Waals surface area (Å²) in [6.45, 7) is 3.86. The molecule has 1 amide bonds. The van der Waals surface area contributed by atoms with Gasteiger partial charge in [0.15, 0.2) is 0 Å². The van der Waals surface area contributed by atoms with E-state index in [0.29, 0.717) is 32.8 Å². The van der Waals surface area contributed by atoms with E-state index in [-0.39, 0.29) is 11.3 Å². The molecule has 1 heterocycles. The molecule has 4 rings (SSSR count). The van der Waals surface area contributed by atoms with Crippen molar-refractivity contribution in [2.24, 2.45) is 0 Å². The summed E-state index contributed by atoms with van der Waals surface area (Å²) >= 11 is 3.42. The molecule has 1 aliphatic heterocycles. The summed E-state index contributed by atoms with van der Waals surface area (Å²) < 4.78 is 11.2. The van der Waals surface area contributed by atoms with Gasteiger partial charge in [-0.3, -0.25) is 14.5 Å². The number of nitrogens with zero attached hydrogens (tertiary/aromatic N) is 1. The Morgan fingerprint density at radius 2 is 1.65 bits per heavy atom. The molecule has 1 N–H and O–H groups in total. The molecule has 1 unspecified atom stereocenters. The lowest BCUT2D eigenvalue weighted by Crippen LogP contribution is -2.30. The maximum atomic E-state index is 13.3. The molecule has 0 radical (unpaired) electrons. The number of aliphatic hydroxyl groups is 1. The van der Waals surface area contributed by atoms with E-state index in [1.807, 2.05) is 32.0 Å². The van der Waals surface area contributed by atoms with Crippen molar-refractivity contribution in [3.8, 4) is 11.5 Å². The number of ketones is 1. The number of anilines is 1. The Morgan fingerprint density at radius 1 is 0.941 bits per heavy atom. The first-order chi connectivity index (χ1) is 16.3. The normalized spacial score (nSPS) is 17.2. The number of carbonyl (C=O) groups excluding carboxylic acids is 2. The second-order valence-electron chi connectivity index (χ2n) is 8.08. The number of hydrogen-bond donors (Lipinski definition) is 1. The monoisotopic (exact) mass is 521 g/mol. The minimum Gasteiger partial charge on any atom is -0.507 e. The van der Waals surface area contributed by atoms with Gasteiger partial charge in [0, 0.05) is 11.3 Å². The van der Waals surface area contributed by atoms with Gasteiger partial charge in [0.2, 0.25) is 0 Å². The fourth-order valence-corrected chi connectivity index (χ4v) is 4.77. The SMILES string of the molecule is COc1ccc(C2/C(=C(\O)c3ccc(OC)c(Br)c3)C(=O)C(=O)N2c2ccc(C)cc2C)cc1. The number of methoxy groups -OCH3 is 2. The van der Waals surface area contributed by atoms with Crippen LogP contribution in [0.4, 0.5) is 5.69 Å². The Balaban J connectivity index is 1.95. The van der Waals surface area contributed by atoms with E-state index in [9.17, 15) is 14.7 Å². The molecule has 34 heavy (non-hydrogen) atoms. The predicted octanol–water partition coefficient (Wildman–Crippen LogP) is 5.71. The van der Waals surface area contributed by atoms with Crippen LogP contribution < -0.4 is 14.4 Å². The highest BCUT2D eigenvalue weighted by molar-refractivity contribution is 9.10. The van der Waals surface area contributed by atoms with Crippen LogP contribution in [0, 0.1) is 13.8 Å². The average molecular weight is 522 g/mol. The molecule has 1 fully saturated rings. The number of rotatable bonds is 5. The van der Waals surface area contributed by atoms with Crippen LogP contribution in [0.2, 0.25) is 0 Å². The smallest absolute Gasteiger partial charge is 0.300 e. The van der Waals surface area contributed by atoms with Gasteiger partial charge in [-0.25, -0.2) is 0 Å². The van der Waals surface area contributed by atoms with E-state index in [1.165, 1.54) is 4.90 Å². The molecule has 0 aromatic heterocycles. The van der Waals surface area contributed by atoms with E-state index in [2.05, 4.69) is 15.9 Å². The average Bonchev–Trinajstić information content (AvgIpc) is 3.09. The summed E-state index contributed by atoms with van der Waals surface area (Å²) in [7, 11) is 3.11. The van der Waals surface area contributed by atoms with Gasteiger partial charge >= 0.3 is 0 Å². The Bertz CT molecular complexity index is 1310. The predicted molar refractivity (Wildman–Crippen MR) is 134 cm³/mol. The third-order valence-electron chi connectivity index (χ3n) is 5.91. The van der Waals surface area contributed by atoms with Crippen molar-refractivity contribution in [3.63, 3.8) is 0 Å². The highest BCUT2D eigenvalue weighted by Gasteiger charge is 2.47. The van der Waals surface area contributed by atoms with Crippen LogP contribution >= 0.6 is 15.9 Å². The topological polar surface area (TPSA) is 76.1 Å². The standard InChI is InChI=1S/C27H24BrNO5/c1-15-5-11-21(16(2)13-15)29-24(17-6-9-19(33-3)10-7-17)23(26(31)27(29)32)25(30)18-8-12-22(34-4)20(28)14-18/h5-14,24,30H,1-4H3/b25-23+. The van der Waals surface area contributed by atoms with Gasteiger partial charge in [0.25, 0.3) is 11.7 Å². The number of amides is 1. The van der Waals surface area contributed by atoms with Crippen LogP contribution in [0.1, 0.15) is 28.3 Å². The zero-order valence-electron chi connectivity index (χ0n) is 19.3. The van der Waals surface area contributed by atoms with Gasteiger partial charge in [-0.05, 0) is 77.3 Å². The zero-order valence-corrected chi connectivity index (χ0v) is 20.8. The van der Waals surface area contributed by atoms with Gasteiger partial charge in [-0.15, -0.1) is 0 Å². The summed E-state index contributed by atoms with van der Waals surface area (Å²) in [6.07, 6.45) is 0. The fourth-order valence-electron chi connectivity index (χ4n) is 4.23. The Morgan fingerprint density at radius 3 is 2.24 bits per heavy atom. The van der Waals surface area contributed by atoms with Gasteiger partial charge < -0.3 is 14.6 Å². The van der Waals surface area contributed by atoms with Crippen LogP contribution in [0.15, 0.2) is 70.7 Å². The highest BCUT2D eigenvalue weighted by atomic mass is 79.9. The first kappa shape index (κ1) is 23.6. The molecular weight excluding hydrogens is 498 g/mol. The lowest BCUT2D eigenvalue weighted by Gasteiger charge is -2.27. The molecule has 0 spiro atoms. The number of ether oxygens (including phenoxy) is 2. The first-order valence-corrected chi connectivity index (χ1v) is 11.4. The van der Waals surface area contributed by atoms with Crippen LogP contribution in [0.5, 0.6) is 11.5 Å². The number of aryl methyl sites for hydroxylation is 2. The molecule has 1 atom stereocenters. The number of benzene rings is 3. The summed E-state index contributed by atoms with van der Waals surface area (Å²) in [4.78, 5) is 28.1. The van der Waals surface area contributed by atoms with Gasteiger partial charge in [-0.1, -0.05) is 29.8 Å². The number of hydrogen-bond acceptors (Lipinski definition) is 5. The van der Waals surface area contributed by atoms with Crippen molar-refractivity contribution < 1.29 is 24.2 Å². The van der Waals surface area contributed by atoms with Crippen molar-refractivity contribution in [1.82, 2.24) is 0 Å². The third-order valence-corrected chi connectivity index (χ3v) is 6.53.